The van der Waals surface area contributed by atoms with Crippen LogP contribution in [0.25, 0.3) is 0 Å². The Morgan fingerprint density at radius 3 is 2.62 bits per heavy atom. The fourth-order valence-electron chi connectivity index (χ4n) is 3.02. The zero-order valence-electron chi connectivity index (χ0n) is 15.4. The van der Waals surface area contributed by atoms with E-state index in [2.05, 4.69) is 17.6 Å². The third-order valence-electron chi connectivity index (χ3n) is 4.47. The first-order valence-electron chi connectivity index (χ1n) is 8.70. The third-order valence-corrected chi connectivity index (χ3v) is 4.70. The van der Waals surface area contributed by atoms with Gasteiger partial charge in [-0.2, -0.15) is 0 Å². The second-order valence-corrected chi connectivity index (χ2v) is 6.59. The van der Waals surface area contributed by atoms with Gasteiger partial charge in [-0.25, -0.2) is 0 Å². The number of nitrogens with zero attached hydrogens (tertiary/aromatic N) is 1. The average molecular weight is 427 g/mol. The largest absolute Gasteiger partial charge is 0.495 e. The molecule has 1 aromatic rings. The molecule has 0 aliphatic carbocycles. The summed E-state index contributed by atoms with van der Waals surface area (Å²) in [5.41, 5.74) is 0.821. The molecule has 1 aromatic carbocycles. The summed E-state index contributed by atoms with van der Waals surface area (Å²) in [6, 6.07) is 5.42. The number of amides is 1. The van der Waals surface area contributed by atoms with Crippen LogP contribution in [0.3, 0.4) is 0 Å². The number of carbonyl (C=O) groups excluding carboxylic acids is 1. The maximum absolute atomic E-state index is 12.3. The zero-order valence-corrected chi connectivity index (χ0v) is 17.8. The fraction of sp³-hybridized carbons (Fsp3) is 0.611. The van der Waals surface area contributed by atoms with E-state index in [9.17, 15) is 4.79 Å². The number of carbonyl (C=O) groups is 1. The Morgan fingerprint density at radius 2 is 2.00 bits per heavy atom. The van der Waals surface area contributed by atoms with Crippen LogP contribution in [0.15, 0.2) is 18.2 Å². The number of rotatable bonds is 8. The van der Waals surface area contributed by atoms with E-state index in [0.29, 0.717) is 23.9 Å². The number of likely N-dealkylation sites (tertiary alicyclic amines) is 1. The van der Waals surface area contributed by atoms with E-state index in [1.54, 1.807) is 13.2 Å². The molecule has 0 aromatic heterocycles. The maximum atomic E-state index is 12.3. The molecule has 0 radical (unpaired) electrons. The molecule has 0 spiro atoms. The van der Waals surface area contributed by atoms with Crippen LogP contribution in [-0.4, -0.2) is 50.6 Å². The molecule has 0 bridgehead atoms. The molecule has 8 heteroatoms. The first-order valence-corrected chi connectivity index (χ1v) is 9.07. The van der Waals surface area contributed by atoms with Gasteiger partial charge >= 0.3 is 0 Å². The van der Waals surface area contributed by atoms with Crippen LogP contribution < -0.4 is 15.4 Å². The van der Waals surface area contributed by atoms with Gasteiger partial charge in [-0.05, 0) is 50.0 Å². The van der Waals surface area contributed by atoms with Crippen molar-refractivity contribution in [2.45, 2.75) is 26.2 Å². The predicted molar refractivity (Wildman–Crippen MR) is 113 cm³/mol. The van der Waals surface area contributed by atoms with Crippen LogP contribution in [0, 0.1) is 5.92 Å². The Labute approximate surface area is 174 Å². The van der Waals surface area contributed by atoms with Crippen LogP contribution in [0.1, 0.15) is 26.2 Å². The Balaban J connectivity index is 0.00000312. The van der Waals surface area contributed by atoms with Gasteiger partial charge in [0.2, 0.25) is 5.91 Å². The Morgan fingerprint density at radius 1 is 1.31 bits per heavy atom. The lowest BCUT2D eigenvalue weighted by Crippen LogP contribution is -2.41. The molecular weight excluding hydrogens is 397 g/mol. The number of nitrogens with one attached hydrogen (secondary N) is 2. The number of hydrogen-bond donors (Lipinski definition) is 2. The molecule has 1 heterocycles. The minimum Gasteiger partial charge on any atom is -0.495 e. The molecule has 5 nitrogen and oxygen atoms in total. The van der Waals surface area contributed by atoms with Crippen molar-refractivity contribution in [2.24, 2.45) is 5.92 Å². The Kier molecular flexibility index (Phi) is 12.9. The first-order chi connectivity index (χ1) is 11.6. The van der Waals surface area contributed by atoms with E-state index < -0.39 is 0 Å². The summed E-state index contributed by atoms with van der Waals surface area (Å²) in [5, 5.41) is 7.28. The topological polar surface area (TPSA) is 53.6 Å². The summed E-state index contributed by atoms with van der Waals surface area (Å²) >= 11 is 6.01. The van der Waals surface area contributed by atoms with E-state index in [4.69, 9.17) is 16.3 Å². The van der Waals surface area contributed by atoms with Crippen LogP contribution in [0.5, 0.6) is 5.75 Å². The highest BCUT2D eigenvalue weighted by Crippen LogP contribution is 2.27. The molecule has 2 N–H and O–H groups in total. The molecular formula is C18H30Cl3N3O2. The van der Waals surface area contributed by atoms with E-state index in [-0.39, 0.29) is 30.7 Å². The molecule has 0 atom stereocenters. The predicted octanol–water partition coefficient (Wildman–Crippen LogP) is 3.84. The number of hydrogen-bond acceptors (Lipinski definition) is 4. The summed E-state index contributed by atoms with van der Waals surface area (Å²) in [6.45, 7) is 6.52. The molecule has 2 rings (SSSR count). The Bertz CT molecular complexity index is 538. The summed E-state index contributed by atoms with van der Waals surface area (Å²) in [7, 11) is 1.62. The van der Waals surface area contributed by atoms with Crippen molar-refractivity contribution in [3.8, 4) is 5.75 Å². The summed E-state index contributed by atoms with van der Waals surface area (Å²) in [6.07, 6.45) is 2.66. The van der Waals surface area contributed by atoms with Crippen LogP contribution in [0.2, 0.25) is 5.02 Å². The summed E-state index contributed by atoms with van der Waals surface area (Å²) < 4.78 is 5.30. The maximum Gasteiger partial charge on any atom is 0.224 e. The fourth-order valence-corrected chi connectivity index (χ4v) is 3.19. The van der Waals surface area contributed by atoms with Gasteiger partial charge in [0, 0.05) is 31.1 Å². The van der Waals surface area contributed by atoms with Gasteiger partial charge in [0.05, 0.1) is 12.8 Å². The number of piperidine rings is 1. The molecule has 1 aliphatic heterocycles. The molecule has 0 unspecified atom stereocenters. The van der Waals surface area contributed by atoms with Gasteiger partial charge < -0.3 is 20.3 Å². The highest BCUT2D eigenvalue weighted by molar-refractivity contribution is 6.30. The molecule has 0 saturated carbocycles. The lowest BCUT2D eigenvalue weighted by molar-refractivity contribution is -0.132. The van der Waals surface area contributed by atoms with Crippen molar-refractivity contribution in [3.63, 3.8) is 0 Å². The van der Waals surface area contributed by atoms with Crippen LogP contribution in [0.4, 0.5) is 5.69 Å². The van der Waals surface area contributed by atoms with E-state index in [1.165, 1.54) is 0 Å². The molecule has 150 valence electrons. The normalized spacial score (nSPS) is 14.2. The second-order valence-electron chi connectivity index (χ2n) is 6.15. The van der Waals surface area contributed by atoms with Crippen LogP contribution >= 0.6 is 36.4 Å². The molecule has 1 aliphatic rings. The van der Waals surface area contributed by atoms with Crippen molar-refractivity contribution in [1.82, 2.24) is 10.2 Å². The van der Waals surface area contributed by atoms with Gasteiger partial charge in [-0.15, -0.1) is 24.8 Å². The average Bonchev–Trinajstić information content (AvgIpc) is 2.60. The standard InChI is InChI=1S/C18H28ClN3O2.2ClH/c1-3-20-13-14-7-10-22(11-8-14)18(23)6-9-21-16-12-15(19)4-5-17(16)24-2;;/h4-5,12,14,20-21H,3,6-11,13H2,1-2H3;2*1H. The van der Waals surface area contributed by atoms with Crippen LogP contribution in [-0.2, 0) is 4.79 Å². The van der Waals surface area contributed by atoms with E-state index >= 15 is 0 Å². The number of ether oxygens (including phenoxy) is 1. The van der Waals surface area contributed by atoms with Crippen molar-refractivity contribution < 1.29 is 9.53 Å². The minimum atomic E-state index is 0. The lowest BCUT2D eigenvalue weighted by Gasteiger charge is -2.32. The molecule has 1 fully saturated rings. The zero-order chi connectivity index (χ0) is 17.4. The van der Waals surface area contributed by atoms with Gasteiger partial charge in [0.1, 0.15) is 5.75 Å². The third kappa shape index (κ3) is 7.78. The highest BCUT2D eigenvalue weighted by atomic mass is 35.5. The second kappa shape index (κ2) is 13.3. The monoisotopic (exact) mass is 425 g/mol. The number of halogens is 3. The van der Waals surface area contributed by atoms with Crippen molar-refractivity contribution in [3.05, 3.63) is 23.2 Å². The summed E-state index contributed by atoms with van der Waals surface area (Å²) in [4.78, 5) is 14.3. The number of anilines is 1. The smallest absolute Gasteiger partial charge is 0.224 e. The van der Waals surface area contributed by atoms with Gasteiger partial charge in [0.25, 0.3) is 0 Å². The molecule has 1 amide bonds. The molecule has 1 saturated heterocycles. The van der Waals surface area contributed by atoms with Crippen molar-refractivity contribution in [1.29, 1.82) is 0 Å². The molecule has 26 heavy (non-hydrogen) atoms. The lowest BCUT2D eigenvalue weighted by atomic mass is 9.96. The van der Waals surface area contributed by atoms with Gasteiger partial charge in [-0.3, -0.25) is 4.79 Å². The Hall–Kier alpha value is -0.880. The van der Waals surface area contributed by atoms with Crippen molar-refractivity contribution >= 4 is 48.0 Å². The van der Waals surface area contributed by atoms with Gasteiger partial charge in [-0.1, -0.05) is 18.5 Å². The quantitative estimate of drug-likeness (QED) is 0.663. The number of benzene rings is 1. The van der Waals surface area contributed by atoms with E-state index in [0.717, 1.165) is 50.5 Å². The van der Waals surface area contributed by atoms with E-state index in [1.807, 2.05) is 17.0 Å². The SMILES string of the molecule is CCNCC1CCN(C(=O)CCNc2cc(Cl)ccc2OC)CC1.Cl.Cl. The summed E-state index contributed by atoms with van der Waals surface area (Å²) in [5.74, 6) is 1.64. The first kappa shape index (κ1) is 25.1. The minimum absolute atomic E-state index is 0. The van der Waals surface area contributed by atoms with Crippen molar-refractivity contribution in [2.75, 3.05) is 45.2 Å². The highest BCUT2D eigenvalue weighted by Gasteiger charge is 2.22. The van der Waals surface area contributed by atoms with Gasteiger partial charge in [0.15, 0.2) is 0 Å². The number of methoxy groups -OCH3 is 1.